The first-order chi connectivity index (χ1) is 21.5. The topological polar surface area (TPSA) is 26.3 Å². The maximum atomic E-state index is 14.2. The molecule has 0 atom stereocenters. The van der Waals surface area contributed by atoms with Crippen molar-refractivity contribution in [3.8, 4) is 0 Å². The third-order valence-corrected chi connectivity index (χ3v) is 17.2. The Morgan fingerprint density at radius 3 is 1.20 bits per heavy atom. The van der Waals surface area contributed by atoms with Gasteiger partial charge in [0.1, 0.15) is 0 Å². The molecule has 258 valence electrons. The van der Waals surface area contributed by atoms with Crippen LogP contribution in [0, 0.1) is 0 Å². The molecule has 0 unspecified atom stereocenters. The minimum atomic E-state index is -2.75. The molecule has 2 nitrogen and oxygen atoms in total. The van der Waals surface area contributed by atoms with E-state index in [0.717, 1.165) is 28.9 Å². The van der Waals surface area contributed by atoms with Crippen molar-refractivity contribution in [2.45, 2.75) is 187 Å². The molecule has 0 radical (unpaired) electrons. The second-order valence-corrected chi connectivity index (χ2v) is 20.4. The average Bonchev–Trinajstić information content (AvgIpc) is 3.04. The van der Waals surface area contributed by atoms with E-state index in [1.165, 1.54) is 160 Å². The monoisotopic (exact) mass is 651 g/mol. The number of hydrogen-bond donors (Lipinski definition) is 0. The summed E-state index contributed by atoms with van der Waals surface area (Å²) < 4.78 is 7.27. The molecular formula is C40H75O2PS. The van der Waals surface area contributed by atoms with E-state index in [-0.39, 0.29) is 5.97 Å². The fourth-order valence-corrected chi connectivity index (χ4v) is 14.1. The summed E-state index contributed by atoms with van der Waals surface area (Å²) in [5, 5.41) is 0. The van der Waals surface area contributed by atoms with Crippen LogP contribution in [0.25, 0.3) is 0 Å². The molecule has 1 aromatic carbocycles. The second-order valence-electron chi connectivity index (χ2n) is 13.9. The Labute approximate surface area is 280 Å². The van der Waals surface area contributed by atoms with Gasteiger partial charge in [0.2, 0.25) is 0 Å². The van der Waals surface area contributed by atoms with Crippen LogP contribution < -0.4 is 0 Å². The van der Waals surface area contributed by atoms with Crippen LogP contribution >= 0.6 is 18.6 Å². The summed E-state index contributed by atoms with van der Waals surface area (Å²) >= 11 is 1.67. The first kappa shape index (κ1) is 41.5. The predicted molar refractivity (Wildman–Crippen MR) is 204 cm³/mol. The fraction of sp³-hybridized carbons (Fsp3) is 0.825. The van der Waals surface area contributed by atoms with Crippen molar-refractivity contribution in [1.82, 2.24) is 0 Å². The standard InChI is InChI=1S/C40H75O2PS/c1-6-10-14-18-19-20-21-22-23-24-25-31-37-43(34-28-15-11-7-2,35-29-16-12-8-3,36-30-17-13-9-4)42-40(41)38-32-26-27-33-39(38)44-5/h26-27,32-33H,6-25,28-31,34-37H2,1-5H3. The van der Waals surface area contributed by atoms with Gasteiger partial charge in [-0.2, -0.15) is 0 Å². The van der Waals surface area contributed by atoms with Gasteiger partial charge >= 0.3 is 268 Å². The minimum absolute atomic E-state index is 0.0203. The second kappa shape index (κ2) is 26.5. The molecule has 44 heavy (non-hydrogen) atoms. The number of carbonyl (C=O) groups is 1. The molecule has 0 aliphatic carbocycles. The van der Waals surface area contributed by atoms with Gasteiger partial charge in [0.25, 0.3) is 0 Å². The summed E-state index contributed by atoms with van der Waals surface area (Å²) in [5.74, 6) is -0.0203. The van der Waals surface area contributed by atoms with Crippen LogP contribution in [0.2, 0.25) is 0 Å². The van der Waals surface area contributed by atoms with E-state index in [0.29, 0.717) is 0 Å². The molecule has 0 aliphatic rings. The Hall–Kier alpha value is -0.530. The Morgan fingerprint density at radius 2 is 0.841 bits per heavy atom. The Kier molecular flexibility index (Phi) is 25.0. The molecule has 0 bridgehead atoms. The number of rotatable bonds is 31. The normalized spacial score (nSPS) is 12.7. The number of benzene rings is 1. The van der Waals surface area contributed by atoms with E-state index < -0.39 is 6.83 Å². The van der Waals surface area contributed by atoms with Gasteiger partial charge < -0.3 is 0 Å². The first-order valence-corrected chi connectivity index (χ1v) is 23.5. The van der Waals surface area contributed by atoms with Crippen LogP contribution in [0.3, 0.4) is 0 Å². The molecular weight excluding hydrogens is 575 g/mol. The van der Waals surface area contributed by atoms with Crippen molar-refractivity contribution >= 4 is 24.6 Å². The third kappa shape index (κ3) is 17.4. The van der Waals surface area contributed by atoms with Crippen LogP contribution in [0.4, 0.5) is 0 Å². The summed E-state index contributed by atoms with van der Waals surface area (Å²) in [5.41, 5.74) is 0.791. The molecule has 0 saturated carbocycles. The molecule has 0 N–H and O–H groups in total. The number of carbonyl (C=O) groups excluding carboxylic acids is 1. The molecule has 0 fully saturated rings. The van der Waals surface area contributed by atoms with Crippen molar-refractivity contribution in [1.29, 1.82) is 0 Å². The van der Waals surface area contributed by atoms with Gasteiger partial charge in [0.15, 0.2) is 0 Å². The molecule has 0 saturated heterocycles. The van der Waals surface area contributed by atoms with Crippen LogP contribution in [0.1, 0.15) is 192 Å². The average molecular weight is 651 g/mol. The molecule has 0 amide bonds. The molecule has 0 aliphatic heterocycles. The summed E-state index contributed by atoms with van der Waals surface area (Å²) in [6.45, 7) is 6.47. The molecule has 1 aromatic rings. The summed E-state index contributed by atoms with van der Waals surface area (Å²) in [6.07, 6.45) is 38.3. The quantitative estimate of drug-likeness (QED) is 0.0454. The van der Waals surface area contributed by atoms with E-state index in [4.69, 9.17) is 4.52 Å². The van der Waals surface area contributed by atoms with Crippen LogP contribution in [-0.2, 0) is 4.52 Å². The zero-order valence-corrected chi connectivity index (χ0v) is 32.0. The van der Waals surface area contributed by atoms with E-state index >= 15 is 0 Å². The van der Waals surface area contributed by atoms with E-state index in [9.17, 15) is 4.79 Å². The number of thioether (sulfide) groups is 1. The molecule has 4 heteroatoms. The van der Waals surface area contributed by atoms with E-state index in [1.54, 1.807) is 11.8 Å². The molecule has 0 aromatic heterocycles. The van der Waals surface area contributed by atoms with Crippen LogP contribution in [0.5, 0.6) is 0 Å². The zero-order chi connectivity index (χ0) is 32.2. The Balaban J connectivity index is 3.12. The van der Waals surface area contributed by atoms with E-state index in [2.05, 4.69) is 46.1 Å². The number of hydrogen-bond acceptors (Lipinski definition) is 3. The maximum absolute atomic E-state index is 14.2. The van der Waals surface area contributed by atoms with Gasteiger partial charge in [-0.1, -0.05) is 13.3 Å². The van der Waals surface area contributed by atoms with E-state index in [1.807, 2.05) is 12.1 Å². The van der Waals surface area contributed by atoms with Crippen molar-refractivity contribution in [2.75, 3.05) is 30.9 Å². The molecule has 1 rings (SSSR count). The fourth-order valence-electron chi connectivity index (χ4n) is 7.12. The van der Waals surface area contributed by atoms with Gasteiger partial charge in [-0.05, 0) is 0 Å². The van der Waals surface area contributed by atoms with Gasteiger partial charge in [0.05, 0.1) is 0 Å². The summed E-state index contributed by atoms with van der Waals surface area (Å²) in [4.78, 5) is 15.3. The Morgan fingerprint density at radius 1 is 0.523 bits per heavy atom. The predicted octanol–water partition coefficient (Wildman–Crippen LogP) is 14.5. The van der Waals surface area contributed by atoms with Crippen molar-refractivity contribution < 1.29 is 9.32 Å². The van der Waals surface area contributed by atoms with Crippen LogP contribution in [0.15, 0.2) is 29.2 Å². The van der Waals surface area contributed by atoms with Gasteiger partial charge in [-0.15, -0.1) is 0 Å². The SMILES string of the molecule is CCCCCCCCCCCCCCP(CCCCCC)(CCCCCC)(CCCCCC)OC(=O)c1ccccc1SC. The van der Waals surface area contributed by atoms with Gasteiger partial charge in [0, 0.05) is 0 Å². The van der Waals surface area contributed by atoms with Crippen LogP contribution in [-0.4, -0.2) is 36.9 Å². The van der Waals surface area contributed by atoms with Crippen molar-refractivity contribution in [2.24, 2.45) is 0 Å². The van der Waals surface area contributed by atoms with Gasteiger partial charge in [-0.25, -0.2) is 0 Å². The first-order valence-electron chi connectivity index (χ1n) is 19.4. The third-order valence-electron chi connectivity index (χ3n) is 9.98. The number of unbranched alkanes of at least 4 members (excludes halogenated alkanes) is 20. The Bertz CT molecular complexity index is 791. The zero-order valence-electron chi connectivity index (χ0n) is 30.3. The van der Waals surface area contributed by atoms with Gasteiger partial charge in [-0.3, -0.25) is 0 Å². The van der Waals surface area contributed by atoms with Crippen molar-refractivity contribution in [3.05, 3.63) is 29.8 Å². The summed E-state index contributed by atoms with van der Waals surface area (Å²) in [7, 11) is 0. The van der Waals surface area contributed by atoms with Crippen molar-refractivity contribution in [3.63, 3.8) is 0 Å². The molecule has 0 heterocycles. The molecule has 0 spiro atoms. The summed E-state index contributed by atoms with van der Waals surface area (Å²) in [6, 6.07) is 8.16.